The van der Waals surface area contributed by atoms with E-state index in [1.807, 2.05) is 18.2 Å². The summed E-state index contributed by atoms with van der Waals surface area (Å²) >= 11 is 0. The molecule has 0 bridgehead atoms. The molecule has 3 heteroatoms. The maximum absolute atomic E-state index is 5.53. The summed E-state index contributed by atoms with van der Waals surface area (Å²) < 4.78 is 0. The lowest BCUT2D eigenvalue weighted by atomic mass is 9.98. The van der Waals surface area contributed by atoms with Crippen molar-refractivity contribution in [2.45, 2.75) is 6.10 Å². The minimum absolute atomic E-state index is 0.0463. The number of nitrogens with two attached hydrogens (primary N) is 1. The fourth-order valence-corrected chi connectivity index (χ4v) is 1.10. The van der Waals surface area contributed by atoms with Gasteiger partial charge in [-0.1, -0.05) is 11.2 Å². The van der Waals surface area contributed by atoms with Crippen molar-refractivity contribution in [1.82, 2.24) is 0 Å². The summed E-state index contributed by atoms with van der Waals surface area (Å²) in [6.45, 7) is 0. The van der Waals surface area contributed by atoms with Gasteiger partial charge >= 0.3 is 0 Å². The third-order valence-corrected chi connectivity index (χ3v) is 1.66. The Morgan fingerprint density at radius 2 is 2.50 bits per heavy atom. The molecule has 0 aromatic heterocycles. The Morgan fingerprint density at radius 3 is 3.40 bits per heavy atom. The van der Waals surface area contributed by atoms with Crippen molar-refractivity contribution in [3.05, 3.63) is 23.9 Å². The van der Waals surface area contributed by atoms with Crippen LogP contribution in [0.1, 0.15) is 0 Å². The Balaban J connectivity index is 2.25. The predicted octanol–water partition coefficient (Wildman–Crippen LogP) is 0.400. The van der Waals surface area contributed by atoms with Crippen LogP contribution in [0.3, 0.4) is 0 Å². The Morgan fingerprint density at radius 1 is 1.60 bits per heavy atom. The number of oxime groups is 1. The average molecular weight is 136 g/mol. The molecule has 1 heterocycles. The van der Waals surface area contributed by atoms with Gasteiger partial charge < -0.3 is 10.6 Å². The van der Waals surface area contributed by atoms with E-state index in [1.54, 1.807) is 6.21 Å². The van der Waals surface area contributed by atoms with Gasteiger partial charge in [-0.2, -0.15) is 0 Å². The van der Waals surface area contributed by atoms with Gasteiger partial charge in [0.25, 0.3) is 0 Å². The van der Waals surface area contributed by atoms with Crippen molar-refractivity contribution in [1.29, 1.82) is 0 Å². The molecule has 2 atom stereocenters. The van der Waals surface area contributed by atoms with Crippen LogP contribution < -0.4 is 5.73 Å². The molecule has 2 aliphatic rings. The van der Waals surface area contributed by atoms with E-state index in [1.165, 1.54) is 0 Å². The molecule has 2 N–H and O–H groups in total. The second-order valence-electron chi connectivity index (χ2n) is 2.43. The van der Waals surface area contributed by atoms with Gasteiger partial charge in [-0.15, -0.1) is 0 Å². The fraction of sp³-hybridized carbons (Fsp3) is 0.286. The fourth-order valence-electron chi connectivity index (χ4n) is 1.10. The van der Waals surface area contributed by atoms with Crippen LogP contribution in [0, 0.1) is 5.92 Å². The highest BCUT2D eigenvalue weighted by molar-refractivity contribution is 5.66. The standard InChI is InChI=1S/C7H8N2O/c8-6-2-1-5-4-9-10-7(5)3-6/h1-5,7H,8H2. The van der Waals surface area contributed by atoms with Crippen LogP contribution in [0.25, 0.3) is 0 Å². The molecule has 0 amide bonds. The van der Waals surface area contributed by atoms with Crippen LogP contribution in [0.2, 0.25) is 0 Å². The number of hydrogen-bond donors (Lipinski definition) is 1. The van der Waals surface area contributed by atoms with Gasteiger partial charge in [0.1, 0.15) is 0 Å². The highest BCUT2D eigenvalue weighted by atomic mass is 16.6. The van der Waals surface area contributed by atoms with E-state index in [0.29, 0.717) is 5.92 Å². The molecule has 0 aromatic carbocycles. The van der Waals surface area contributed by atoms with Gasteiger partial charge in [-0.05, 0) is 12.2 Å². The minimum Gasteiger partial charge on any atom is -0.399 e. The normalized spacial score (nSPS) is 35.0. The Labute approximate surface area is 58.8 Å². The first-order chi connectivity index (χ1) is 4.86. The van der Waals surface area contributed by atoms with Crippen LogP contribution in [0.4, 0.5) is 0 Å². The van der Waals surface area contributed by atoms with Crippen molar-refractivity contribution in [3.8, 4) is 0 Å². The Kier molecular flexibility index (Phi) is 1.03. The Hall–Kier alpha value is -1.25. The quantitative estimate of drug-likeness (QED) is 0.524. The van der Waals surface area contributed by atoms with Crippen molar-refractivity contribution in [2.24, 2.45) is 16.8 Å². The van der Waals surface area contributed by atoms with E-state index in [4.69, 9.17) is 10.6 Å². The lowest BCUT2D eigenvalue weighted by molar-refractivity contribution is 0.105. The molecule has 0 spiro atoms. The van der Waals surface area contributed by atoms with Crippen LogP contribution in [-0.2, 0) is 4.84 Å². The zero-order valence-electron chi connectivity index (χ0n) is 5.40. The minimum atomic E-state index is 0.0463. The summed E-state index contributed by atoms with van der Waals surface area (Å²) in [5.74, 6) is 0.298. The molecule has 0 radical (unpaired) electrons. The second kappa shape index (κ2) is 1.87. The molecule has 10 heavy (non-hydrogen) atoms. The van der Waals surface area contributed by atoms with Crippen molar-refractivity contribution in [2.75, 3.05) is 0 Å². The van der Waals surface area contributed by atoms with Gasteiger partial charge in [-0.25, -0.2) is 0 Å². The van der Waals surface area contributed by atoms with E-state index < -0.39 is 0 Å². The van der Waals surface area contributed by atoms with E-state index >= 15 is 0 Å². The lowest BCUT2D eigenvalue weighted by Crippen LogP contribution is -2.18. The number of hydrogen-bond acceptors (Lipinski definition) is 3. The molecule has 0 saturated heterocycles. The summed E-state index contributed by atoms with van der Waals surface area (Å²) in [6, 6.07) is 0. The van der Waals surface area contributed by atoms with Gasteiger partial charge in [0.2, 0.25) is 0 Å². The molecular formula is C7H8N2O. The summed E-state index contributed by atoms with van der Waals surface area (Å²) in [6.07, 6.45) is 7.57. The monoisotopic (exact) mass is 136 g/mol. The highest BCUT2D eigenvalue weighted by Gasteiger charge is 2.24. The SMILES string of the molecule is NC1=CC2ON=CC2C=C1. The number of allylic oxidation sites excluding steroid dienone is 1. The van der Waals surface area contributed by atoms with E-state index in [9.17, 15) is 0 Å². The summed E-state index contributed by atoms with van der Waals surface area (Å²) in [5, 5.41) is 3.69. The number of nitrogens with zero attached hydrogens (tertiary/aromatic N) is 1. The first-order valence-electron chi connectivity index (χ1n) is 3.21. The molecule has 1 aliphatic heterocycles. The van der Waals surface area contributed by atoms with Crippen LogP contribution in [-0.4, -0.2) is 12.3 Å². The summed E-state index contributed by atoms with van der Waals surface area (Å²) in [5.41, 5.74) is 6.29. The molecule has 1 aliphatic carbocycles. The first kappa shape index (κ1) is 5.53. The molecule has 2 unspecified atom stereocenters. The Bertz CT molecular complexity index is 230. The lowest BCUT2D eigenvalue weighted by Gasteiger charge is -2.12. The molecule has 0 aromatic rings. The largest absolute Gasteiger partial charge is 0.399 e. The smallest absolute Gasteiger partial charge is 0.159 e. The van der Waals surface area contributed by atoms with E-state index in [2.05, 4.69) is 5.16 Å². The topological polar surface area (TPSA) is 47.6 Å². The van der Waals surface area contributed by atoms with Crippen LogP contribution in [0.15, 0.2) is 29.1 Å². The summed E-state index contributed by atoms with van der Waals surface area (Å²) in [7, 11) is 0. The van der Waals surface area contributed by atoms with Gasteiger partial charge in [0, 0.05) is 5.70 Å². The zero-order valence-corrected chi connectivity index (χ0v) is 5.40. The zero-order chi connectivity index (χ0) is 6.97. The second-order valence-corrected chi connectivity index (χ2v) is 2.43. The molecule has 2 rings (SSSR count). The third kappa shape index (κ3) is 0.708. The molecular weight excluding hydrogens is 128 g/mol. The summed E-state index contributed by atoms with van der Waals surface area (Å²) in [4.78, 5) is 4.99. The third-order valence-electron chi connectivity index (χ3n) is 1.66. The molecule has 0 saturated carbocycles. The molecule has 52 valence electrons. The molecule has 0 fully saturated rings. The first-order valence-corrected chi connectivity index (χ1v) is 3.21. The van der Waals surface area contributed by atoms with Crippen LogP contribution >= 0.6 is 0 Å². The predicted molar refractivity (Wildman–Crippen MR) is 38.3 cm³/mol. The van der Waals surface area contributed by atoms with Crippen molar-refractivity contribution < 1.29 is 4.84 Å². The van der Waals surface area contributed by atoms with E-state index in [-0.39, 0.29) is 6.10 Å². The average Bonchev–Trinajstić information content (AvgIpc) is 2.33. The van der Waals surface area contributed by atoms with Crippen molar-refractivity contribution >= 4 is 6.21 Å². The number of rotatable bonds is 0. The maximum atomic E-state index is 5.53. The van der Waals surface area contributed by atoms with Gasteiger partial charge in [0.05, 0.1) is 12.1 Å². The van der Waals surface area contributed by atoms with E-state index in [0.717, 1.165) is 5.70 Å². The van der Waals surface area contributed by atoms with Crippen molar-refractivity contribution in [3.63, 3.8) is 0 Å². The number of fused-ring (bicyclic) bond motifs is 1. The molecule has 3 nitrogen and oxygen atoms in total. The van der Waals surface area contributed by atoms with Gasteiger partial charge in [0.15, 0.2) is 6.10 Å². The van der Waals surface area contributed by atoms with Crippen LogP contribution in [0.5, 0.6) is 0 Å². The van der Waals surface area contributed by atoms with Gasteiger partial charge in [-0.3, -0.25) is 0 Å². The highest BCUT2D eigenvalue weighted by Crippen LogP contribution is 2.20. The maximum Gasteiger partial charge on any atom is 0.159 e.